The molecule has 0 saturated carbocycles. The van der Waals surface area contributed by atoms with E-state index in [1.807, 2.05) is 13.8 Å². The molecule has 1 aromatic heterocycles. The standard InChI is InChI=1S/C16H30N4O/c1-4-21-11-7-10-20-13-14(2)18-16(20)17-12-15(3)19-8-5-6-9-19/h13,15H,4-12H2,1-3H3,(H,17,18). The highest BCUT2D eigenvalue weighted by Crippen LogP contribution is 2.13. The third kappa shape index (κ3) is 5.00. The van der Waals surface area contributed by atoms with Gasteiger partial charge in [0.15, 0.2) is 0 Å². The molecule has 0 aromatic carbocycles. The van der Waals surface area contributed by atoms with Crippen LogP contribution >= 0.6 is 0 Å². The molecule has 0 aliphatic carbocycles. The lowest BCUT2D eigenvalue weighted by molar-refractivity contribution is 0.142. The Morgan fingerprint density at radius 3 is 2.86 bits per heavy atom. The average Bonchev–Trinajstić information content (AvgIpc) is 3.11. The van der Waals surface area contributed by atoms with Crippen LogP contribution in [0.2, 0.25) is 0 Å². The molecule has 1 saturated heterocycles. The third-order valence-electron chi connectivity index (χ3n) is 4.11. The summed E-state index contributed by atoms with van der Waals surface area (Å²) in [5, 5.41) is 3.52. The molecule has 1 N–H and O–H groups in total. The molecule has 1 fully saturated rings. The van der Waals surface area contributed by atoms with Crippen LogP contribution in [0.25, 0.3) is 0 Å². The van der Waals surface area contributed by atoms with E-state index in [9.17, 15) is 0 Å². The minimum Gasteiger partial charge on any atom is -0.382 e. The van der Waals surface area contributed by atoms with Gasteiger partial charge in [-0.15, -0.1) is 0 Å². The van der Waals surface area contributed by atoms with E-state index >= 15 is 0 Å². The van der Waals surface area contributed by atoms with E-state index in [2.05, 4.69) is 32.9 Å². The van der Waals surface area contributed by atoms with Crippen molar-refractivity contribution in [3.05, 3.63) is 11.9 Å². The Labute approximate surface area is 128 Å². The highest BCUT2D eigenvalue weighted by Gasteiger charge is 2.18. The van der Waals surface area contributed by atoms with Gasteiger partial charge in [0.2, 0.25) is 5.95 Å². The van der Waals surface area contributed by atoms with Gasteiger partial charge in [0, 0.05) is 38.5 Å². The fourth-order valence-corrected chi connectivity index (χ4v) is 2.89. The molecule has 0 spiro atoms. The number of anilines is 1. The highest BCUT2D eigenvalue weighted by atomic mass is 16.5. The van der Waals surface area contributed by atoms with E-state index in [0.717, 1.165) is 44.4 Å². The van der Waals surface area contributed by atoms with E-state index in [4.69, 9.17) is 4.74 Å². The van der Waals surface area contributed by atoms with Crippen LogP contribution in [0.4, 0.5) is 5.95 Å². The van der Waals surface area contributed by atoms with E-state index in [1.54, 1.807) is 0 Å². The van der Waals surface area contributed by atoms with Crippen molar-refractivity contribution >= 4 is 5.95 Å². The van der Waals surface area contributed by atoms with Gasteiger partial charge in [-0.25, -0.2) is 4.98 Å². The van der Waals surface area contributed by atoms with Crippen molar-refractivity contribution in [2.45, 2.75) is 52.6 Å². The van der Waals surface area contributed by atoms with Crippen molar-refractivity contribution in [1.29, 1.82) is 0 Å². The molecule has 21 heavy (non-hydrogen) atoms. The molecular weight excluding hydrogens is 264 g/mol. The van der Waals surface area contributed by atoms with Crippen molar-refractivity contribution in [2.24, 2.45) is 0 Å². The van der Waals surface area contributed by atoms with Crippen molar-refractivity contribution < 1.29 is 4.74 Å². The number of aryl methyl sites for hydroxylation is 2. The van der Waals surface area contributed by atoms with Crippen LogP contribution in [0.5, 0.6) is 0 Å². The van der Waals surface area contributed by atoms with Crippen LogP contribution in [-0.4, -0.2) is 53.3 Å². The second kappa shape index (κ2) is 8.39. The summed E-state index contributed by atoms with van der Waals surface area (Å²) in [6.07, 6.45) is 5.83. The summed E-state index contributed by atoms with van der Waals surface area (Å²) in [4.78, 5) is 7.16. The van der Waals surface area contributed by atoms with Crippen molar-refractivity contribution in [1.82, 2.24) is 14.5 Å². The summed E-state index contributed by atoms with van der Waals surface area (Å²) < 4.78 is 7.62. The molecule has 2 heterocycles. The SMILES string of the molecule is CCOCCCn1cc(C)nc1NCC(C)N1CCCC1. The average molecular weight is 294 g/mol. The molecule has 0 radical (unpaired) electrons. The van der Waals surface area contributed by atoms with Gasteiger partial charge in [-0.05, 0) is 53.1 Å². The largest absolute Gasteiger partial charge is 0.382 e. The van der Waals surface area contributed by atoms with E-state index in [-0.39, 0.29) is 0 Å². The van der Waals surface area contributed by atoms with Crippen LogP contribution in [0.3, 0.4) is 0 Å². The maximum absolute atomic E-state index is 5.41. The monoisotopic (exact) mass is 294 g/mol. The third-order valence-corrected chi connectivity index (χ3v) is 4.11. The Kier molecular flexibility index (Phi) is 6.51. The van der Waals surface area contributed by atoms with Crippen LogP contribution in [0.1, 0.15) is 38.8 Å². The van der Waals surface area contributed by atoms with Gasteiger partial charge in [0.05, 0.1) is 5.69 Å². The second-order valence-corrected chi connectivity index (χ2v) is 5.92. The molecule has 120 valence electrons. The number of nitrogens with one attached hydrogen (secondary N) is 1. The van der Waals surface area contributed by atoms with Crippen LogP contribution in [0.15, 0.2) is 6.20 Å². The van der Waals surface area contributed by atoms with Crippen molar-refractivity contribution in [3.63, 3.8) is 0 Å². The summed E-state index contributed by atoms with van der Waals surface area (Å²) in [7, 11) is 0. The molecule has 1 atom stereocenters. The number of hydrogen-bond acceptors (Lipinski definition) is 4. The fourth-order valence-electron chi connectivity index (χ4n) is 2.89. The Balaban J connectivity index is 1.81. The number of aromatic nitrogens is 2. The lowest BCUT2D eigenvalue weighted by Crippen LogP contribution is -2.36. The molecule has 1 aliphatic rings. The predicted molar refractivity (Wildman–Crippen MR) is 86.8 cm³/mol. The fraction of sp³-hybridized carbons (Fsp3) is 0.812. The summed E-state index contributed by atoms with van der Waals surface area (Å²) in [6, 6.07) is 0.571. The minimum atomic E-state index is 0.571. The minimum absolute atomic E-state index is 0.571. The quantitative estimate of drug-likeness (QED) is 0.711. The van der Waals surface area contributed by atoms with Crippen LogP contribution in [-0.2, 0) is 11.3 Å². The van der Waals surface area contributed by atoms with E-state index in [1.165, 1.54) is 25.9 Å². The van der Waals surface area contributed by atoms with Gasteiger partial charge in [-0.3, -0.25) is 4.90 Å². The Morgan fingerprint density at radius 1 is 1.38 bits per heavy atom. The highest BCUT2D eigenvalue weighted by molar-refractivity contribution is 5.29. The first kappa shape index (κ1) is 16.3. The normalized spacial score (nSPS) is 17.3. The molecule has 1 aliphatic heterocycles. The topological polar surface area (TPSA) is 42.3 Å². The number of hydrogen-bond donors (Lipinski definition) is 1. The Bertz CT molecular complexity index is 412. The summed E-state index contributed by atoms with van der Waals surface area (Å²) in [5.74, 6) is 0.995. The molecule has 5 nitrogen and oxygen atoms in total. The van der Waals surface area contributed by atoms with Gasteiger partial charge in [0.25, 0.3) is 0 Å². The molecule has 0 bridgehead atoms. The van der Waals surface area contributed by atoms with Gasteiger partial charge in [-0.1, -0.05) is 0 Å². The van der Waals surface area contributed by atoms with Crippen molar-refractivity contribution in [3.8, 4) is 0 Å². The predicted octanol–water partition coefficient (Wildman–Crippen LogP) is 2.51. The molecule has 1 unspecified atom stereocenters. The zero-order valence-electron chi connectivity index (χ0n) is 13.8. The number of rotatable bonds is 9. The van der Waals surface area contributed by atoms with E-state index in [0.29, 0.717) is 6.04 Å². The first-order chi connectivity index (χ1) is 10.2. The maximum atomic E-state index is 5.41. The molecular formula is C16H30N4O. The van der Waals surface area contributed by atoms with E-state index < -0.39 is 0 Å². The molecule has 5 heteroatoms. The molecule has 2 rings (SSSR count). The van der Waals surface area contributed by atoms with Gasteiger partial charge < -0.3 is 14.6 Å². The lowest BCUT2D eigenvalue weighted by Gasteiger charge is -2.24. The van der Waals surface area contributed by atoms with Gasteiger partial charge in [-0.2, -0.15) is 0 Å². The number of imidazole rings is 1. The maximum Gasteiger partial charge on any atom is 0.203 e. The van der Waals surface area contributed by atoms with Crippen LogP contribution in [0, 0.1) is 6.92 Å². The second-order valence-electron chi connectivity index (χ2n) is 5.92. The number of nitrogens with zero attached hydrogens (tertiary/aromatic N) is 3. The molecule has 1 aromatic rings. The zero-order valence-corrected chi connectivity index (χ0v) is 13.8. The first-order valence-electron chi connectivity index (χ1n) is 8.30. The molecule has 0 amide bonds. The van der Waals surface area contributed by atoms with Gasteiger partial charge >= 0.3 is 0 Å². The zero-order chi connectivity index (χ0) is 15.1. The smallest absolute Gasteiger partial charge is 0.203 e. The summed E-state index contributed by atoms with van der Waals surface area (Å²) >= 11 is 0. The Morgan fingerprint density at radius 2 is 2.14 bits per heavy atom. The lowest BCUT2D eigenvalue weighted by atomic mass is 10.3. The Hall–Kier alpha value is -1.07. The van der Waals surface area contributed by atoms with Crippen molar-refractivity contribution in [2.75, 3.05) is 38.2 Å². The van der Waals surface area contributed by atoms with Gasteiger partial charge in [0.1, 0.15) is 0 Å². The first-order valence-corrected chi connectivity index (χ1v) is 8.30. The number of likely N-dealkylation sites (tertiary alicyclic amines) is 1. The number of ether oxygens (including phenoxy) is 1. The van der Waals surface area contributed by atoms with Crippen LogP contribution < -0.4 is 5.32 Å². The summed E-state index contributed by atoms with van der Waals surface area (Å²) in [6.45, 7) is 12.4. The summed E-state index contributed by atoms with van der Waals surface area (Å²) in [5.41, 5.74) is 1.07.